The molecule has 0 spiro atoms. The van der Waals surface area contributed by atoms with Crippen molar-refractivity contribution in [2.45, 2.75) is 4.90 Å². The summed E-state index contributed by atoms with van der Waals surface area (Å²) in [5.74, 6) is 0.463. The SMILES string of the molecule is COc1ccc(N(C)C(=O)c2cc(=O)[nH]c3ccc(S(=O)(=O)N4CCOCC4)cc23)cc1OC. The van der Waals surface area contributed by atoms with E-state index in [0.717, 1.165) is 0 Å². The van der Waals surface area contributed by atoms with Gasteiger partial charge in [-0.25, -0.2) is 8.42 Å². The fourth-order valence-electron chi connectivity index (χ4n) is 3.84. The first-order chi connectivity index (χ1) is 16.3. The van der Waals surface area contributed by atoms with Crippen LogP contribution < -0.4 is 19.9 Å². The van der Waals surface area contributed by atoms with Gasteiger partial charge in [0.15, 0.2) is 11.5 Å². The largest absolute Gasteiger partial charge is 0.493 e. The molecule has 34 heavy (non-hydrogen) atoms. The number of hydrogen-bond donors (Lipinski definition) is 1. The van der Waals surface area contributed by atoms with Gasteiger partial charge in [-0.15, -0.1) is 0 Å². The van der Waals surface area contributed by atoms with Gasteiger partial charge in [-0.05, 0) is 30.3 Å². The molecule has 1 aliphatic heterocycles. The van der Waals surface area contributed by atoms with Crippen LogP contribution in [0.3, 0.4) is 0 Å². The Labute approximate surface area is 196 Å². The van der Waals surface area contributed by atoms with Gasteiger partial charge >= 0.3 is 0 Å². The normalized spacial score (nSPS) is 14.7. The molecule has 0 aliphatic carbocycles. The van der Waals surface area contributed by atoms with Crippen LogP contribution in [0.5, 0.6) is 11.5 Å². The Kier molecular flexibility index (Phi) is 6.60. The maximum atomic E-state index is 13.5. The first kappa shape index (κ1) is 23.7. The number of fused-ring (bicyclic) bond motifs is 1. The van der Waals surface area contributed by atoms with Crippen LogP contribution in [0.4, 0.5) is 5.69 Å². The number of rotatable bonds is 6. The van der Waals surface area contributed by atoms with Crippen LogP contribution in [-0.2, 0) is 14.8 Å². The molecule has 1 fully saturated rings. The highest BCUT2D eigenvalue weighted by Crippen LogP contribution is 2.32. The van der Waals surface area contributed by atoms with Crippen molar-refractivity contribution in [3.05, 3.63) is 58.4 Å². The molecule has 0 bridgehead atoms. The highest BCUT2D eigenvalue weighted by molar-refractivity contribution is 7.89. The number of benzene rings is 2. The summed E-state index contributed by atoms with van der Waals surface area (Å²) in [5, 5.41) is 0.325. The van der Waals surface area contributed by atoms with Gasteiger partial charge in [0.25, 0.3) is 5.91 Å². The van der Waals surface area contributed by atoms with Crippen LogP contribution in [0.15, 0.2) is 52.2 Å². The van der Waals surface area contributed by atoms with Crippen molar-refractivity contribution >= 4 is 32.5 Å². The summed E-state index contributed by atoms with van der Waals surface area (Å²) in [6, 6.07) is 10.5. The average molecular weight is 488 g/mol. The molecule has 1 saturated heterocycles. The number of morpholine rings is 1. The zero-order valence-electron chi connectivity index (χ0n) is 19.0. The molecule has 10 nitrogen and oxygen atoms in total. The van der Waals surface area contributed by atoms with Gasteiger partial charge in [-0.1, -0.05) is 0 Å². The number of carbonyl (C=O) groups excluding carboxylic acids is 1. The Bertz CT molecular complexity index is 1400. The Morgan fingerprint density at radius 2 is 1.74 bits per heavy atom. The monoisotopic (exact) mass is 487 g/mol. The number of aromatic amines is 1. The molecule has 1 aromatic heterocycles. The molecule has 2 aromatic carbocycles. The lowest BCUT2D eigenvalue weighted by atomic mass is 10.1. The lowest BCUT2D eigenvalue weighted by Crippen LogP contribution is -2.40. The van der Waals surface area contributed by atoms with Gasteiger partial charge in [0.2, 0.25) is 15.6 Å². The summed E-state index contributed by atoms with van der Waals surface area (Å²) >= 11 is 0. The van der Waals surface area contributed by atoms with Gasteiger partial charge in [0.05, 0.1) is 37.9 Å². The molecule has 0 unspecified atom stereocenters. The number of ether oxygens (including phenoxy) is 3. The molecule has 0 saturated carbocycles. The highest BCUT2D eigenvalue weighted by atomic mass is 32.2. The maximum Gasteiger partial charge on any atom is 0.258 e. The minimum absolute atomic E-state index is 0.0387. The summed E-state index contributed by atoms with van der Waals surface area (Å²) in [5.41, 5.74) is 0.473. The average Bonchev–Trinajstić information content (AvgIpc) is 2.87. The van der Waals surface area contributed by atoms with Crippen molar-refractivity contribution < 1.29 is 27.4 Å². The summed E-state index contributed by atoms with van der Waals surface area (Å²) in [6.45, 7) is 1.14. The Balaban J connectivity index is 1.78. The number of aromatic nitrogens is 1. The lowest BCUT2D eigenvalue weighted by molar-refractivity contribution is 0.0730. The maximum absolute atomic E-state index is 13.5. The summed E-state index contributed by atoms with van der Waals surface area (Å²) in [7, 11) is 0.773. The molecular formula is C23H25N3O7S. The van der Waals surface area contributed by atoms with Gasteiger partial charge in [-0.3, -0.25) is 9.59 Å². The molecule has 3 aromatic rings. The molecule has 1 N–H and O–H groups in total. The van der Waals surface area contributed by atoms with E-state index >= 15 is 0 Å². The van der Waals surface area contributed by atoms with Crippen LogP contribution in [0, 0.1) is 0 Å². The second-order valence-electron chi connectivity index (χ2n) is 7.67. The Hall–Kier alpha value is -3.41. The van der Waals surface area contributed by atoms with Crippen molar-refractivity contribution in [1.29, 1.82) is 0 Å². The summed E-state index contributed by atoms with van der Waals surface area (Å²) < 4.78 is 43.4. The lowest BCUT2D eigenvalue weighted by Gasteiger charge is -2.26. The fraction of sp³-hybridized carbons (Fsp3) is 0.304. The van der Waals surface area contributed by atoms with Crippen molar-refractivity contribution in [1.82, 2.24) is 9.29 Å². The number of hydrogen-bond acceptors (Lipinski definition) is 7. The number of carbonyl (C=O) groups is 1. The van der Waals surface area contributed by atoms with Crippen LogP contribution in [0.1, 0.15) is 10.4 Å². The number of methoxy groups -OCH3 is 2. The van der Waals surface area contributed by atoms with Crippen molar-refractivity contribution in [3.63, 3.8) is 0 Å². The topological polar surface area (TPSA) is 118 Å². The zero-order chi connectivity index (χ0) is 24.5. The number of nitrogens with one attached hydrogen (secondary N) is 1. The second-order valence-corrected chi connectivity index (χ2v) is 9.61. The smallest absolute Gasteiger partial charge is 0.258 e. The van der Waals surface area contributed by atoms with Gasteiger partial charge in [0, 0.05) is 48.9 Å². The van der Waals surface area contributed by atoms with E-state index in [1.54, 1.807) is 25.2 Å². The molecule has 180 valence electrons. The van der Waals surface area contributed by atoms with Gasteiger partial charge in [-0.2, -0.15) is 4.31 Å². The molecule has 2 heterocycles. The first-order valence-electron chi connectivity index (χ1n) is 10.5. The number of H-pyrrole nitrogens is 1. The molecule has 0 atom stereocenters. The molecule has 4 rings (SSSR count). The predicted octanol–water partition coefficient (Wildman–Crippen LogP) is 1.84. The summed E-state index contributed by atoms with van der Waals surface area (Å²) in [4.78, 5) is 29.8. The molecule has 1 aliphatic rings. The quantitative estimate of drug-likeness (QED) is 0.564. The third-order valence-corrected chi connectivity index (χ3v) is 7.61. The van der Waals surface area contributed by atoms with Crippen LogP contribution in [0.2, 0.25) is 0 Å². The van der Waals surface area contributed by atoms with E-state index in [9.17, 15) is 18.0 Å². The molecule has 0 radical (unpaired) electrons. The Morgan fingerprint density at radius 3 is 2.41 bits per heavy atom. The zero-order valence-corrected chi connectivity index (χ0v) is 19.8. The second kappa shape index (κ2) is 9.45. The van der Waals surface area contributed by atoms with Gasteiger partial charge in [0.1, 0.15) is 0 Å². The highest BCUT2D eigenvalue weighted by Gasteiger charge is 2.27. The fourth-order valence-corrected chi connectivity index (χ4v) is 5.27. The van der Waals surface area contributed by atoms with E-state index in [0.29, 0.717) is 41.3 Å². The standard InChI is InChI=1S/C23H25N3O7S/c1-25(15-4-7-20(31-2)21(12-15)32-3)23(28)18-14-22(27)24-19-6-5-16(13-17(18)19)34(29,30)26-8-10-33-11-9-26/h4-7,12-14H,8-11H2,1-3H3,(H,24,27). The molecule has 1 amide bonds. The van der Waals surface area contributed by atoms with Crippen molar-refractivity contribution in [2.24, 2.45) is 0 Å². The van der Waals surface area contributed by atoms with Gasteiger partial charge < -0.3 is 24.1 Å². The van der Waals surface area contributed by atoms with Crippen molar-refractivity contribution in [2.75, 3.05) is 52.5 Å². The Morgan fingerprint density at radius 1 is 1.03 bits per heavy atom. The summed E-state index contributed by atoms with van der Waals surface area (Å²) in [6.07, 6.45) is 0. The number of nitrogens with zero attached hydrogens (tertiary/aromatic N) is 2. The van der Waals surface area contributed by atoms with E-state index < -0.39 is 21.5 Å². The first-order valence-corrected chi connectivity index (χ1v) is 12.0. The van der Waals surface area contributed by atoms with Crippen LogP contribution >= 0.6 is 0 Å². The number of anilines is 1. The van der Waals surface area contributed by atoms with Crippen LogP contribution in [0.25, 0.3) is 10.9 Å². The van der Waals surface area contributed by atoms with E-state index in [2.05, 4.69) is 4.98 Å². The van der Waals surface area contributed by atoms with Crippen molar-refractivity contribution in [3.8, 4) is 11.5 Å². The minimum Gasteiger partial charge on any atom is -0.493 e. The third-order valence-electron chi connectivity index (χ3n) is 5.71. The minimum atomic E-state index is -3.79. The predicted molar refractivity (Wildman–Crippen MR) is 126 cm³/mol. The van der Waals surface area contributed by atoms with Crippen LogP contribution in [-0.4, -0.2) is 71.2 Å². The van der Waals surface area contributed by atoms with E-state index in [1.165, 1.54) is 47.7 Å². The third kappa shape index (κ3) is 4.37. The number of sulfonamides is 1. The number of pyridine rings is 1. The van der Waals surface area contributed by atoms with E-state index in [1.807, 2.05) is 0 Å². The van der Waals surface area contributed by atoms with E-state index in [-0.39, 0.29) is 23.5 Å². The van der Waals surface area contributed by atoms with E-state index in [4.69, 9.17) is 14.2 Å². The molecular weight excluding hydrogens is 462 g/mol. The molecule has 11 heteroatoms. The number of amides is 1.